The SMILES string of the molecule is COC[C@@H]1CN(c2nn(C)c3cc(OCCCC(F)(F)F)ccc23)C(=O)O1. The van der Waals surface area contributed by atoms with Crippen LogP contribution in [0, 0.1) is 0 Å². The minimum atomic E-state index is -4.19. The van der Waals surface area contributed by atoms with Crippen LogP contribution in [0.4, 0.5) is 23.8 Å². The Morgan fingerprint density at radius 2 is 2.15 bits per heavy atom. The van der Waals surface area contributed by atoms with Gasteiger partial charge < -0.3 is 14.2 Å². The fourth-order valence-corrected chi connectivity index (χ4v) is 2.94. The van der Waals surface area contributed by atoms with Gasteiger partial charge in [-0.3, -0.25) is 9.58 Å². The third-order valence-electron chi connectivity index (χ3n) is 4.16. The van der Waals surface area contributed by atoms with Crippen molar-refractivity contribution in [3.05, 3.63) is 18.2 Å². The highest BCUT2D eigenvalue weighted by atomic mass is 19.4. The monoisotopic (exact) mass is 387 g/mol. The van der Waals surface area contributed by atoms with Crippen LogP contribution < -0.4 is 9.64 Å². The Kier molecular flexibility index (Phi) is 5.45. The van der Waals surface area contributed by atoms with Crippen molar-refractivity contribution in [2.24, 2.45) is 7.05 Å². The fraction of sp³-hybridized carbons (Fsp3) is 0.529. The first-order chi connectivity index (χ1) is 12.8. The van der Waals surface area contributed by atoms with Gasteiger partial charge in [0.25, 0.3) is 0 Å². The maximum Gasteiger partial charge on any atom is 0.416 e. The van der Waals surface area contributed by atoms with Gasteiger partial charge in [0.1, 0.15) is 11.9 Å². The van der Waals surface area contributed by atoms with Crippen molar-refractivity contribution < 1.29 is 32.2 Å². The summed E-state index contributed by atoms with van der Waals surface area (Å²) >= 11 is 0. The van der Waals surface area contributed by atoms with Crippen LogP contribution >= 0.6 is 0 Å². The standard InChI is InChI=1S/C17H20F3N3O4/c1-22-14-8-11(26-7-3-6-17(18,19)20)4-5-13(14)15(21-22)23-9-12(10-25-2)27-16(23)24/h4-5,8,12H,3,6-7,9-10H2,1-2H3/t12-/m0/s1. The molecule has 1 saturated heterocycles. The van der Waals surface area contributed by atoms with Gasteiger partial charge in [-0.15, -0.1) is 0 Å². The van der Waals surface area contributed by atoms with E-state index in [1.807, 2.05) is 0 Å². The van der Waals surface area contributed by atoms with Crippen LogP contribution in [0.2, 0.25) is 0 Å². The second-order valence-electron chi connectivity index (χ2n) is 6.27. The first-order valence-corrected chi connectivity index (χ1v) is 8.42. The molecule has 2 aromatic rings. The van der Waals surface area contributed by atoms with Gasteiger partial charge in [0.2, 0.25) is 0 Å². The molecule has 1 atom stereocenters. The molecule has 0 radical (unpaired) electrons. The number of rotatable bonds is 7. The van der Waals surface area contributed by atoms with E-state index < -0.39 is 18.7 Å². The summed E-state index contributed by atoms with van der Waals surface area (Å²) < 4.78 is 53.8. The number of fused-ring (bicyclic) bond motifs is 1. The number of cyclic esters (lactones) is 1. The van der Waals surface area contributed by atoms with E-state index in [4.69, 9.17) is 14.2 Å². The molecule has 148 valence electrons. The Labute approximate surface area is 153 Å². The summed E-state index contributed by atoms with van der Waals surface area (Å²) in [6.07, 6.45) is -6.04. The third kappa shape index (κ3) is 4.44. The van der Waals surface area contributed by atoms with Crippen LogP contribution in [0.1, 0.15) is 12.8 Å². The average molecular weight is 387 g/mol. The number of nitrogens with zero attached hydrogens (tertiary/aromatic N) is 3. The molecule has 7 nitrogen and oxygen atoms in total. The molecule has 10 heteroatoms. The summed E-state index contributed by atoms with van der Waals surface area (Å²) in [5.74, 6) is 0.903. The minimum absolute atomic E-state index is 0.0348. The number of hydrogen-bond acceptors (Lipinski definition) is 5. The molecule has 1 aromatic heterocycles. The van der Waals surface area contributed by atoms with E-state index in [9.17, 15) is 18.0 Å². The van der Waals surface area contributed by atoms with E-state index in [1.165, 1.54) is 12.0 Å². The normalized spacial score (nSPS) is 17.6. The molecular formula is C17H20F3N3O4. The lowest BCUT2D eigenvalue weighted by molar-refractivity contribution is -0.136. The number of ether oxygens (including phenoxy) is 3. The largest absolute Gasteiger partial charge is 0.494 e. The lowest BCUT2D eigenvalue weighted by atomic mass is 10.2. The molecule has 1 aromatic carbocycles. The van der Waals surface area contributed by atoms with Gasteiger partial charge in [0.05, 0.1) is 25.3 Å². The molecule has 0 aliphatic carbocycles. The first-order valence-electron chi connectivity index (χ1n) is 8.42. The molecule has 1 aliphatic heterocycles. The number of amides is 1. The van der Waals surface area contributed by atoms with E-state index in [1.54, 1.807) is 29.9 Å². The highest BCUT2D eigenvalue weighted by molar-refractivity contribution is 6.00. The Morgan fingerprint density at radius 3 is 2.85 bits per heavy atom. The molecule has 0 spiro atoms. The summed E-state index contributed by atoms with van der Waals surface area (Å²) in [5.41, 5.74) is 0.696. The molecule has 0 bridgehead atoms. The number of anilines is 1. The quantitative estimate of drug-likeness (QED) is 0.683. The highest BCUT2D eigenvalue weighted by Crippen LogP contribution is 2.31. The number of alkyl halides is 3. The molecule has 1 amide bonds. The topological polar surface area (TPSA) is 65.8 Å². The Hall–Kier alpha value is -2.49. The number of halogens is 3. The van der Waals surface area contributed by atoms with Crippen molar-refractivity contribution in [3.8, 4) is 5.75 Å². The van der Waals surface area contributed by atoms with Crippen molar-refractivity contribution in [2.45, 2.75) is 25.1 Å². The van der Waals surface area contributed by atoms with Crippen LogP contribution in [-0.4, -0.2) is 55.0 Å². The number of carbonyl (C=O) groups is 1. The number of aromatic nitrogens is 2. The molecule has 1 fully saturated rings. The maximum absolute atomic E-state index is 12.2. The zero-order valence-electron chi connectivity index (χ0n) is 15.0. The van der Waals surface area contributed by atoms with E-state index in [0.29, 0.717) is 30.2 Å². The number of benzene rings is 1. The van der Waals surface area contributed by atoms with Crippen molar-refractivity contribution in [2.75, 3.05) is 31.8 Å². The van der Waals surface area contributed by atoms with Gasteiger partial charge in [-0.1, -0.05) is 0 Å². The van der Waals surface area contributed by atoms with Crippen molar-refractivity contribution in [3.63, 3.8) is 0 Å². The number of aryl methyl sites for hydroxylation is 1. The third-order valence-corrected chi connectivity index (χ3v) is 4.16. The van der Waals surface area contributed by atoms with Gasteiger partial charge in [-0.2, -0.15) is 18.3 Å². The van der Waals surface area contributed by atoms with E-state index >= 15 is 0 Å². The summed E-state index contributed by atoms with van der Waals surface area (Å²) in [5, 5.41) is 5.10. The molecular weight excluding hydrogens is 367 g/mol. The molecule has 0 saturated carbocycles. The highest BCUT2D eigenvalue weighted by Gasteiger charge is 2.35. The summed E-state index contributed by atoms with van der Waals surface area (Å²) in [4.78, 5) is 13.6. The van der Waals surface area contributed by atoms with Crippen LogP contribution in [0.3, 0.4) is 0 Å². The summed E-state index contributed by atoms with van der Waals surface area (Å²) in [6, 6.07) is 5.07. The molecule has 1 aliphatic rings. The summed E-state index contributed by atoms with van der Waals surface area (Å²) in [6.45, 7) is 0.588. The fourth-order valence-electron chi connectivity index (χ4n) is 2.94. The second-order valence-corrected chi connectivity index (χ2v) is 6.27. The minimum Gasteiger partial charge on any atom is -0.494 e. The zero-order valence-corrected chi connectivity index (χ0v) is 15.0. The molecule has 27 heavy (non-hydrogen) atoms. The van der Waals surface area contributed by atoms with E-state index in [2.05, 4.69) is 5.10 Å². The lowest BCUT2D eigenvalue weighted by Crippen LogP contribution is -2.26. The van der Waals surface area contributed by atoms with Gasteiger partial charge in [-0.05, 0) is 18.6 Å². The Balaban J connectivity index is 1.73. The molecule has 2 heterocycles. The van der Waals surface area contributed by atoms with Crippen LogP contribution in [-0.2, 0) is 16.5 Å². The lowest BCUT2D eigenvalue weighted by Gasteiger charge is -2.10. The average Bonchev–Trinajstić information content (AvgIpc) is 3.11. The predicted octanol–water partition coefficient (Wildman–Crippen LogP) is 3.27. The molecule has 0 unspecified atom stereocenters. The predicted molar refractivity (Wildman–Crippen MR) is 91.0 cm³/mol. The second kappa shape index (κ2) is 7.63. The van der Waals surface area contributed by atoms with Crippen molar-refractivity contribution >= 4 is 22.8 Å². The maximum atomic E-state index is 12.2. The van der Waals surface area contributed by atoms with Crippen LogP contribution in [0.5, 0.6) is 5.75 Å². The van der Waals surface area contributed by atoms with Gasteiger partial charge in [-0.25, -0.2) is 4.79 Å². The molecule has 3 rings (SSSR count). The Bertz CT molecular complexity index is 822. The number of methoxy groups -OCH3 is 1. The zero-order chi connectivity index (χ0) is 19.6. The van der Waals surface area contributed by atoms with E-state index in [-0.39, 0.29) is 19.1 Å². The van der Waals surface area contributed by atoms with Crippen LogP contribution in [0.25, 0.3) is 10.9 Å². The van der Waals surface area contributed by atoms with Gasteiger partial charge in [0, 0.05) is 32.0 Å². The van der Waals surface area contributed by atoms with E-state index in [0.717, 1.165) is 5.39 Å². The number of carbonyl (C=O) groups excluding carboxylic acids is 1. The van der Waals surface area contributed by atoms with Gasteiger partial charge in [0.15, 0.2) is 5.82 Å². The molecule has 0 N–H and O–H groups in total. The Morgan fingerprint density at radius 1 is 1.37 bits per heavy atom. The van der Waals surface area contributed by atoms with Crippen LogP contribution in [0.15, 0.2) is 18.2 Å². The number of hydrogen-bond donors (Lipinski definition) is 0. The smallest absolute Gasteiger partial charge is 0.416 e. The van der Waals surface area contributed by atoms with Crippen molar-refractivity contribution in [1.29, 1.82) is 0 Å². The first kappa shape index (κ1) is 19.3. The summed E-state index contributed by atoms with van der Waals surface area (Å²) in [7, 11) is 3.25. The van der Waals surface area contributed by atoms with Crippen molar-refractivity contribution in [1.82, 2.24) is 9.78 Å². The van der Waals surface area contributed by atoms with Gasteiger partial charge >= 0.3 is 12.3 Å².